The number of pyridine rings is 1. The van der Waals surface area contributed by atoms with Crippen molar-refractivity contribution in [2.24, 2.45) is 0 Å². The van der Waals surface area contributed by atoms with Crippen LogP contribution in [0.4, 0.5) is 5.82 Å². The molecule has 1 N–H and O–H groups in total. The van der Waals surface area contributed by atoms with Crippen LogP contribution in [0.5, 0.6) is 0 Å². The van der Waals surface area contributed by atoms with Gasteiger partial charge in [-0.25, -0.2) is 4.98 Å². The molecule has 3 nitrogen and oxygen atoms in total. The summed E-state index contributed by atoms with van der Waals surface area (Å²) >= 11 is 7.30. The van der Waals surface area contributed by atoms with Crippen molar-refractivity contribution >= 4 is 35.1 Å². The van der Waals surface area contributed by atoms with Crippen molar-refractivity contribution < 1.29 is 4.79 Å². The van der Waals surface area contributed by atoms with E-state index in [0.29, 0.717) is 10.8 Å². The van der Waals surface area contributed by atoms with E-state index in [2.05, 4.69) is 10.3 Å². The Morgan fingerprint density at radius 3 is 2.63 bits per heavy atom. The van der Waals surface area contributed by atoms with Crippen molar-refractivity contribution in [3.05, 3.63) is 53.7 Å². The number of hydrogen-bond donors (Lipinski definition) is 1. The zero-order valence-corrected chi connectivity index (χ0v) is 11.9. The fraction of sp³-hybridized carbons (Fsp3) is 0.143. The Bertz CT molecular complexity index is 545. The molecular weight excluding hydrogens is 280 g/mol. The van der Waals surface area contributed by atoms with Crippen LogP contribution in [0.1, 0.15) is 6.92 Å². The molecule has 0 bridgehead atoms. The lowest BCUT2D eigenvalue weighted by atomic mass is 10.4. The van der Waals surface area contributed by atoms with Crippen LogP contribution in [0.25, 0.3) is 0 Å². The van der Waals surface area contributed by atoms with Gasteiger partial charge in [-0.1, -0.05) is 17.7 Å². The molecule has 98 valence electrons. The van der Waals surface area contributed by atoms with Crippen LogP contribution in [-0.4, -0.2) is 16.1 Å². The molecule has 0 aliphatic rings. The summed E-state index contributed by atoms with van der Waals surface area (Å²) in [6.45, 7) is 1.86. The average Bonchev–Trinajstić information content (AvgIpc) is 2.42. The first-order valence-corrected chi connectivity index (χ1v) is 7.05. The van der Waals surface area contributed by atoms with E-state index < -0.39 is 0 Å². The summed E-state index contributed by atoms with van der Waals surface area (Å²) in [5.41, 5.74) is 0. The number of halogens is 1. The van der Waals surface area contributed by atoms with E-state index in [4.69, 9.17) is 11.6 Å². The number of amides is 1. The zero-order chi connectivity index (χ0) is 13.7. The lowest BCUT2D eigenvalue weighted by Gasteiger charge is -2.11. The first kappa shape index (κ1) is 13.9. The minimum atomic E-state index is -0.205. The SMILES string of the molecule is CC(Sc1ccc(Cl)cc1)C(=O)Nc1ccccn1. The molecule has 1 atom stereocenters. The second kappa shape index (κ2) is 6.59. The molecule has 1 aromatic heterocycles. The molecule has 1 aromatic carbocycles. The van der Waals surface area contributed by atoms with Crippen LogP contribution < -0.4 is 5.32 Å². The van der Waals surface area contributed by atoms with Gasteiger partial charge in [0.15, 0.2) is 0 Å². The highest BCUT2D eigenvalue weighted by atomic mass is 35.5. The molecule has 0 aliphatic heterocycles. The van der Waals surface area contributed by atoms with Crippen LogP contribution in [0.2, 0.25) is 5.02 Å². The van der Waals surface area contributed by atoms with E-state index >= 15 is 0 Å². The third-order valence-corrected chi connectivity index (χ3v) is 3.78. The van der Waals surface area contributed by atoms with Crippen molar-refractivity contribution in [3.63, 3.8) is 0 Å². The maximum absolute atomic E-state index is 12.0. The largest absolute Gasteiger partial charge is 0.310 e. The van der Waals surface area contributed by atoms with Gasteiger partial charge in [0, 0.05) is 16.1 Å². The number of benzene rings is 1. The first-order chi connectivity index (χ1) is 9.15. The maximum Gasteiger partial charge on any atom is 0.238 e. The third-order valence-electron chi connectivity index (χ3n) is 2.41. The Morgan fingerprint density at radius 2 is 2.00 bits per heavy atom. The van der Waals surface area contributed by atoms with Crippen molar-refractivity contribution in [1.82, 2.24) is 4.98 Å². The molecule has 2 aromatic rings. The van der Waals surface area contributed by atoms with Crippen LogP contribution >= 0.6 is 23.4 Å². The highest BCUT2D eigenvalue weighted by Gasteiger charge is 2.14. The number of hydrogen-bond acceptors (Lipinski definition) is 3. The summed E-state index contributed by atoms with van der Waals surface area (Å²) in [5, 5.41) is 3.26. The topological polar surface area (TPSA) is 42.0 Å². The van der Waals surface area contributed by atoms with Crippen LogP contribution in [0.15, 0.2) is 53.6 Å². The standard InChI is InChI=1S/C14H13ClN2OS/c1-10(19-12-7-5-11(15)6-8-12)14(18)17-13-4-2-3-9-16-13/h2-10H,1H3,(H,16,17,18). The molecule has 0 saturated carbocycles. The second-order valence-corrected chi connectivity index (χ2v) is 5.77. The summed E-state index contributed by atoms with van der Waals surface area (Å²) in [6, 6.07) is 12.8. The van der Waals surface area contributed by atoms with Gasteiger partial charge in [0.1, 0.15) is 5.82 Å². The second-order valence-electron chi connectivity index (χ2n) is 3.92. The molecular formula is C14H13ClN2OS. The Labute approximate surface area is 121 Å². The number of aromatic nitrogens is 1. The Balaban J connectivity index is 1.94. The van der Waals surface area contributed by atoms with E-state index in [1.54, 1.807) is 12.3 Å². The molecule has 0 spiro atoms. The van der Waals surface area contributed by atoms with Gasteiger partial charge >= 0.3 is 0 Å². The lowest BCUT2D eigenvalue weighted by Crippen LogP contribution is -2.22. The number of nitrogens with zero attached hydrogens (tertiary/aromatic N) is 1. The molecule has 0 saturated heterocycles. The first-order valence-electron chi connectivity index (χ1n) is 5.79. The average molecular weight is 293 g/mol. The van der Waals surface area contributed by atoms with Gasteiger partial charge in [-0.2, -0.15) is 0 Å². The molecule has 0 radical (unpaired) electrons. The van der Waals surface area contributed by atoms with Gasteiger partial charge in [0.25, 0.3) is 0 Å². The predicted molar refractivity (Wildman–Crippen MR) is 79.6 cm³/mol. The van der Waals surface area contributed by atoms with Gasteiger partial charge in [0.05, 0.1) is 5.25 Å². The molecule has 0 aliphatic carbocycles. The monoisotopic (exact) mass is 292 g/mol. The minimum absolute atomic E-state index is 0.0707. The van der Waals surface area contributed by atoms with Gasteiger partial charge < -0.3 is 5.32 Å². The van der Waals surface area contributed by atoms with E-state index in [1.165, 1.54) is 11.8 Å². The van der Waals surface area contributed by atoms with Crippen molar-refractivity contribution in [1.29, 1.82) is 0 Å². The summed E-state index contributed by atoms with van der Waals surface area (Å²) < 4.78 is 0. The Kier molecular flexibility index (Phi) is 4.82. The highest BCUT2D eigenvalue weighted by molar-refractivity contribution is 8.00. The van der Waals surface area contributed by atoms with Gasteiger partial charge in [-0.15, -0.1) is 11.8 Å². The number of rotatable bonds is 4. The Morgan fingerprint density at radius 1 is 1.26 bits per heavy atom. The number of anilines is 1. The number of nitrogens with one attached hydrogen (secondary N) is 1. The molecule has 0 fully saturated rings. The lowest BCUT2D eigenvalue weighted by molar-refractivity contribution is -0.115. The summed E-state index contributed by atoms with van der Waals surface area (Å²) in [6.07, 6.45) is 1.65. The number of carbonyl (C=O) groups is 1. The zero-order valence-electron chi connectivity index (χ0n) is 10.3. The van der Waals surface area contributed by atoms with Crippen molar-refractivity contribution in [3.8, 4) is 0 Å². The molecule has 5 heteroatoms. The third kappa shape index (κ3) is 4.26. The number of carbonyl (C=O) groups excluding carboxylic acids is 1. The maximum atomic E-state index is 12.0. The van der Waals surface area contributed by atoms with Crippen molar-refractivity contribution in [2.45, 2.75) is 17.1 Å². The van der Waals surface area contributed by atoms with E-state index in [9.17, 15) is 4.79 Å². The van der Waals surface area contributed by atoms with E-state index in [-0.39, 0.29) is 11.2 Å². The fourth-order valence-electron chi connectivity index (χ4n) is 1.44. The smallest absolute Gasteiger partial charge is 0.238 e. The molecule has 1 amide bonds. The summed E-state index contributed by atoms with van der Waals surface area (Å²) in [5.74, 6) is 0.495. The van der Waals surface area contributed by atoms with Crippen molar-refractivity contribution in [2.75, 3.05) is 5.32 Å². The molecule has 2 rings (SSSR count). The van der Waals surface area contributed by atoms with Gasteiger partial charge in [-0.3, -0.25) is 4.79 Å². The quantitative estimate of drug-likeness (QED) is 0.870. The van der Waals surface area contributed by atoms with Gasteiger partial charge in [-0.05, 0) is 43.3 Å². The molecule has 1 unspecified atom stereocenters. The van der Waals surface area contributed by atoms with Crippen LogP contribution in [0, 0.1) is 0 Å². The predicted octanol–water partition coefficient (Wildman–Crippen LogP) is 3.85. The van der Waals surface area contributed by atoms with E-state index in [0.717, 1.165) is 4.90 Å². The summed E-state index contributed by atoms with van der Waals surface area (Å²) in [7, 11) is 0. The fourth-order valence-corrected chi connectivity index (χ4v) is 2.43. The minimum Gasteiger partial charge on any atom is -0.310 e. The van der Waals surface area contributed by atoms with Crippen LogP contribution in [0.3, 0.4) is 0 Å². The summed E-state index contributed by atoms with van der Waals surface area (Å²) in [4.78, 5) is 17.1. The normalized spacial score (nSPS) is 11.9. The Hall–Kier alpha value is -1.52. The molecule has 19 heavy (non-hydrogen) atoms. The highest BCUT2D eigenvalue weighted by Crippen LogP contribution is 2.25. The van der Waals surface area contributed by atoms with Crippen LogP contribution in [-0.2, 0) is 4.79 Å². The number of thioether (sulfide) groups is 1. The molecule has 1 heterocycles. The van der Waals surface area contributed by atoms with Gasteiger partial charge in [0.2, 0.25) is 5.91 Å². The van der Waals surface area contributed by atoms with E-state index in [1.807, 2.05) is 43.3 Å².